The van der Waals surface area contributed by atoms with Crippen LogP contribution in [0.5, 0.6) is 0 Å². The third-order valence-electron chi connectivity index (χ3n) is 2.92. The minimum absolute atomic E-state index is 0.449. The Kier molecular flexibility index (Phi) is 2.65. The average Bonchev–Trinajstić information content (AvgIpc) is 2.93. The van der Waals surface area contributed by atoms with Gasteiger partial charge in [-0.1, -0.05) is 11.6 Å². The number of rotatable bonds is 2. The number of furan rings is 2. The lowest BCUT2D eigenvalue weighted by Crippen LogP contribution is -1.97. The molecule has 3 aromatic rings. The summed E-state index contributed by atoms with van der Waals surface area (Å²) in [7, 11) is 0. The summed E-state index contributed by atoms with van der Waals surface area (Å²) in [4.78, 5) is 0. The first-order valence-electron chi connectivity index (χ1n) is 5.56. The first kappa shape index (κ1) is 11.4. The van der Waals surface area contributed by atoms with Gasteiger partial charge in [-0.2, -0.15) is 0 Å². The van der Waals surface area contributed by atoms with Crippen LogP contribution in [-0.4, -0.2) is 5.11 Å². The monoisotopic (exact) mass is 262 g/mol. The minimum atomic E-state index is -0.897. The molecule has 2 aromatic heterocycles. The van der Waals surface area contributed by atoms with E-state index in [-0.39, 0.29) is 0 Å². The van der Waals surface area contributed by atoms with Crippen molar-refractivity contribution in [2.75, 3.05) is 0 Å². The van der Waals surface area contributed by atoms with Crippen molar-refractivity contribution in [1.29, 1.82) is 0 Å². The topological polar surface area (TPSA) is 46.5 Å². The second-order valence-electron chi connectivity index (χ2n) is 4.20. The van der Waals surface area contributed by atoms with E-state index in [9.17, 15) is 5.11 Å². The van der Waals surface area contributed by atoms with E-state index in [1.807, 2.05) is 6.92 Å². The zero-order valence-electron chi connectivity index (χ0n) is 9.68. The molecule has 4 heteroatoms. The Hall–Kier alpha value is -1.71. The zero-order chi connectivity index (χ0) is 12.7. The van der Waals surface area contributed by atoms with Crippen LogP contribution in [0.25, 0.3) is 11.0 Å². The molecule has 3 rings (SSSR count). The fourth-order valence-corrected chi connectivity index (χ4v) is 2.14. The highest BCUT2D eigenvalue weighted by molar-refractivity contribution is 6.31. The Balaban J connectivity index is 2.07. The van der Waals surface area contributed by atoms with Gasteiger partial charge in [-0.3, -0.25) is 0 Å². The van der Waals surface area contributed by atoms with E-state index in [1.54, 1.807) is 36.6 Å². The van der Waals surface area contributed by atoms with Gasteiger partial charge in [-0.25, -0.2) is 0 Å². The van der Waals surface area contributed by atoms with Crippen molar-refractivity contribution in [2.24, 2.45) is 0 Å². The van der Waals surface area contributed by atoms with E-state index in [2.05, 4.69) is 0 Å². The highest BCUT2D eigenvalue weighted by atomic mass is 35.5. The Labute approximate surface area is 109 Å². The average molecular weight is 263 g/mol. The van der Waals surface area contributed by atoms with E-state index in [0.29, 0.717) is 22.1 Å². The first-order chi connectivity index (χ1) is 8.65. The van der Waals surface area contributed by atoms with E-state index < -0.39 is 6.10 Å². The largest absolute Gasteiger partial charge is 0.466 e. The molecule has 0 fully saturated rings. The normalized spacial score (nSPS) is 13.1. The quantitative estimate of drug-likeness (QED) is 0.757. The molecule has 0 aliphatic rings. The van der Waals surface area contributed by atoms with Crippen LogP contribution in [0.2, 0.25) is 5.02 Å². The van der Waals surface area contributed by atoms with Gasteiger partial charge in [0.15, 0.2) is 6.10 Å². The third-order valence-corrected chi connectivity index (χ3v) is 3.15. The first-order valence-corrected chi connectivity index (χ1v) is 5.94. The van der Waals surface area contributed by atoms with Crippen molar-refractivity contribution in [2.45, 2.75) is 13.0 Å². The van der Waals surface area contributed by atoms with Crippen LogP contribution >= 0.6 is 11.6 Å². The number of halogens is 1. The number of hydrogen-bond acceptors (Lipinski definition) is 3. The van der Waals surface area contributed by atoms with Gasteiger partial charge in [0.25, 0.3) is 0 Å². The maximum Gasteiger partial charge on any atom is 0.169 e. The van der Waals surface area contributed by atoms with Crippen molar-refractivity contribution in [3.05, 3.63) is 58.7 Å². The maximum atomic E-state index is 10.2. The van der Waals surface area contributed by atoms with Crippen LogP contribution < -0.4 is 0 Å². The molecule has 0 aliphatic carbocycles. The summed E-state index contributed by atoms with van der Waals surface area (Å²) >= 11 is 5.91. The second-order valence-corrected chi connectivity index (χ2v) is 4.64. The molecule has 1 N–H and O–H groups in total. The fraction of sp³-hybridized carbons (Fsp3) is 0.143. The fourth-order valence-electron chi connectivity index (χ4n) is 1.96. The molecule has 0 radical (unpaired) electrons. The Bertz CT molecular complexity index is 696. The predicted octanol–water partition coefficient (Wildman–Crippen LogP) is 4.07. The van der Waals surface area contributed by atoms with Gasteiger partial charge in [0.05, 0.1) is 6.26 Å². The Morgan fingerprint density at radius 2 is 2.06 bits per heavy atom. The van der Waals surface area contributed by atoms with Crippen LogP contribution in [0.3, 0.4) is 0 Å². The summed E-state index contributed by atoms with van der Waals surface area (Å²) in [6, 6.07) is 8.90. The number of aliphatic hydroxyl groups excluding tert-OH is 1. The molecule has 18 heavy (non-hydrogen) atoms. The Morgan fingerprint density at radius 3 is 2.78 bits per heavy atom. The second kappa shape index (κ2) is 4.19. The van der Waals surface area contributed by atoms with Crippen LogP contribution in [0.1, 0.15) is 23.2 Å². The summed E-state index contributed by atoms with van der Waals surface area (Å²) in [5, 5.41) is 11.7. The number of benzene rings is 1. The van der Waals surface area contributed by atoms with Crippen LogP contribution in [0, 0.1) is 6.92 Å². The van der Waals surface area contributed by atoms with Crippen molar-refractivity contribution in [3.8, 4) is 0 Å². The van der Waals surface area contributed by atoms with Gasteiger partial charge in [-0.05, 0) is 42.8 Å². The van der Waals surface area contributed by atoms with E-state index in [4.69, 9.17) is 20.4 Å². The smallest absolute Gasteiger partial charge is 0.169 e. The highest BCUT2D eigenvalue weighted by Gasteiger charge is 2.20. The SMILES string of the molecule is Cc1ccoc1C(O)c1cc2cc(Cl)ccc2o1. The van der Waals surface area contributed by atoms with Crippen LogP contribution in [0.4, 0.5) is 0 Å². The molecule has 0 bridgehead atoms. The van der Waals surface area contributed by atoms with Crippen molar-refractivity contribution in [1.82, 2.24) is 0 Å². The lowest BCUT2D eigenvalue weighted by Gasteiger charge is -2.04. The van der Waals surface area contributed by atoms with E-state index >= 15 is 0 Å². The molecule has 2 heterocycles. The number of aliphatic hydroxyl groups is 1. The number of fused-ring (bicyclic) bond motifs is 1. The van der Waals surface area contributed by atoms with Crippen molar-refractivity contribution in [3.63, 3.8) is 0 Å². The van der Waals surface area contributed by atoms with Gasteiger partial charge in [0.2, 0.25) is 0 Å². The van der Waals surface area contributed by atoms with Gasteiger partial charge >= 0.3 is 0 Å². The molecule has 92 valence electrons. The zero-order valence-corrected chi connectivity index (χ0v) is 10.4. The molecule has 0 saturated heterocycles. The van der Waals surface area contributed by atoms with Crippen LogP contribution in [0.15, 0.2) is 45.4 Å². The van der Waals surface area contributed by atoms with E-state index in [0.717, 1.165) is 10.9 Å². The summed E-state index contributed by atoms with van der Waals surface area (Å²) in [5.74, 6) is 0.950. The number of hydrogen-bond donors (Lipinski definition) is 1. The standard InChI is InChI=1S/C14H11ClO3/c1-8-4-5-17-14(8)13(16)12-7-9-6-10(15)2-3-11(9)18-12/h2-7,13,16H,1H3. The van der Waals surface area contributed by atoms with Crippen molar-refractivity contribution < 1.29 is 13.9 Å². The molecule has 3 nitrogen and oxygen atoms in total. The molecule has 0 saturated carbocycles. The maximum absolute atomic E-state index is 10.2. The molecular formula is C14H11ClO3. The summed E-state index contributed by atoms with van der Waals surface area (Å²) < 4.78 is 10.9. The Morgan fingerprint density at radius 1 is 1.22 bits per heavy atom. The predicted molar refractivity (Wildman–Crippen MR) is 68.7 cm³/mol. The summed E-state index contributed by atoms with van der Waals surface area (Å²) in [6.45, 7) is 1.88. The number of aryl methyl sites for hydroxylation is 1. The van der Waals surface area contributed by atoms with Crippen LogP contribution in [-0.2, 0) is 0 Å². The lowest BCUT2D eigenvalue weighted by atomic mass is 10.1. The molecule has 0 spiro atoms. The summed E-state index contributed by atoms with van der Waals surface area (Å²) in [5.41, 5.74) is 1.58. The molecule has 1 unspecified atom stereocenters. The van der Waals surface area contributed by atoms with E-state index in [1.165, 1.54) is 0 Å². The molecule has 1 atom stereocenters. The molecule has 0 amide bonds. The lowest BCUT2D eigenvalue weighted by molar-refractivity contribution is 0.164. The third kappa shape index (κ3) is 1.82. The summed E-state index contributed by atoms with van der Waals surface area (Å²) in [6.07, 6.45) is 0.652. The van der Waals surface area contributed by atoms with Crippen molar-refractivity contribution >= 4 is 22.6 Å². The molecule has 0 aliphatic heterocycles. The molecular weight excluding hydrogens is 252 g/mol. The van der Waals surface area contributed by atoms with Gasteiger partial charge in [-0.15, -0.1) is 0 Å². The van der Waals surface area contributed by atoms with Gasteiger partial charge in [0, 0.05) is 10.4 Å². The molecule has 1 aromatic carbocycles. The van der Waals surface area contributed by atoms with Gasteiger partial charge < -0.3 is 13.9 Å². The van der Waals surface area contributed by atoms with Gasteiger partial charge in [0.1, 0.15) is 17.1 Å². The minimum Gasteiger partial charge on any atom is -0.466 e. The highest BCUT2D eigenvalue weighted by Crippen LogP contribution is 2.31.